The van der Waals surface area contributed by atoms with Crippen LogP contribution in [0.25, 0.3) is 5.76 Å². The minimum Gasteiger partial charge on any atom is -0.507 e. The number of carbonyl (C=O) groups excluding carboxylic acids is 2. The normalized spacial score (nSPS) is 17.4. The number of aliphatic hydroxyl groups is 1. The molecule has 1 atom stereocenters. The lowest BCUT2D eigenvalue weighted by Crippen LogP contribution is -2.31. The number of rotatable bonds is 11. The van der Waals surface area contributed by atoms with Crippen molar-refractivity contribution in [3.8, 4) is 11.5 Å². The molecule has 2 heterocycles. The van der Waals surface area contributed by atoms with Crippen LogP contribution in [0.2, 0.25) is 0 Å². The maximum absolute atomic E-state index is 13.1. The molecule has 1 unspecified atom stereocenters. The Hall–Kier alpha value is -3.39. The largest absolute Gasteiger partial charge is 0.507 e. The molecule has 3 rings (SSSR count). The van der Waals surface area contributed by atoms with Crippen LogP contribution in [-0.4, -0.2) is 60.7 Å². The molecule has 0 saturated carbocycles. The highest BCUT2D eigenvalue weighted by Gasteiger charge is 2.46. The fraction of sp³-hybridized carbons (Fsp3) is 0.423. The van der Waals surface area contributed by atoms with Crippen molar-refractivity contribution in [2.75, 3.05) is 34.0 Å². The number of hydrogen-bond donors (Lipinski definition) is 1. The zero-order valence-corrected chi connectivity index (χ0v) is 20.1. The van der Waals surface area contributed by atoms with Gasteiger partial charge in [0.2, 0.25) is 0 Å². The summed E-state index contributed by atoms with van der Waals surface area (Å²) < 4.78 is 16.6. The van der Waals surface area contributed by atoms with Crippen LogP contribution < -0.4 is 9.47 Å². The van der Waals surface area contributed by atoms with Gasteiger partial charge in [-0.25, -0.2) is 0 Å². The molecule has 1 N–H and O–H groups in total. The third kappa shape index (κ3) is 5.56. The maximum Gasteiger partial charge on any atom is 0.295 e. The molecule has 0 aliphatic carbocycles. The minimum atomic E-state index is -0.774. The summed E-state index contributed by atoms with van der Waals surface area (Å²) in [4.78, 5) is 31.5. The molecule has 0 radical (unpaired) electrons. The van der Waals surface area contributed by atoms with Gasteiger partial charge in [-0.2, -0.15) is 0 Å². The molecule has 8 heteroatoms. The number of hydrogen-bond acceptors (Lipinski definition) is 7. The second kappa shape index (κ2) is 11.7. The van der Waals surface area contributed by atoms with E-state index in [9.17, 15) is 14.7 Å². The molecule has 34 heavy (non-hydrogen) atoms. The van der Waals surface area contributed by atoms with Crippen molar-refractivity contribution < 1.29 is 28.9 Å². The van der Waals surface area contributed by atoms with E-state index in [0.717, 1.165) is 6.42 Å². The highest BCUT2D eigenvalue weighted by atomic mass is 16.5. The van der Waals surface area contributed by atoms with E-state index in [1.807, 2.05) is 0 Å². The lowest BCUT2D eigenvalue weighted by atomic mass is 9.95. The summed E-state index contributed by atoms with van der Waals surface area (Å²) in [5, 5.41) is 11.1. The second-order valence-electron chi connectivity index (χ2n) is 8.52. The van der Waals surface area contributed by atoms with Crippen molar-refractivity contribution in [1.29, 1.82) is 0 Å². The lowest BCUT2D eigenvalue weighted by molar-refractivity contribution is -0.140. The van der Waals surface area contributed by atoms with Gasteiger partial charge < -0.3 is 24.2 Å². The van der Waals surface area contributed by atoms with Gasteiger partial charge in [-0.1, -0.05) is 19.9 Å². The number of carbonyl (C=O) groups is 2. The Morgan fingerprint density at radius 2 is 1.82 bits per heavy atom. The van der Waals surface area contributed by atoms with Crippen LogP contribution in [0.15, 0.2) is 48.3 Å². The second-order valence-corrected chi connectivity index (χ2v) is 8.52. The van der Waals surface area contributed by atoms with E-state index in [2.05, 4.69) is 18.8 Å². The van der Waals surface area contributed by atoms with Gasteiger partial charge in [0, 0.05) is 38.2 Å². The van der Waals surface area contributed by atoms with Gasteiger partial charge in [-0.15, -0.1) is 0 Å². The number of pyridine rings is 1. The number of Topliss-reactive ketones (excluding diaryl/α,β-unsaturated/α-hetero) is 1. The van der Waals surface area contributed by atoms with Gasteiger partial charge in [-0.3, -0.25) is 14.6 Å². The zero-order chi connectivity index (χ0) is 24.7. The van der Waals surface area contributed by atoms with Crippen molar-refractivity contribution in [2.45, 2.75) is 32.7 Å². The van der Waals surface area contributed by atoms with E-state index in [0.29, 0.717) is 54.7 Å². The fourth-order valence-electron chi connectivity index (χ4n) is 3.88. The molecule has 1 aromatic carbocycles. The number of ketones is 1. The Bertz CT molecular complexity index is 1030. The van der Waals surface area contributed by atoms with E-state index >= 15 is 0 Å². The average Bonchev–Trinajstić information content (AvgIpc) is 3.09. The number of nitrogens with zero attached hydrogens (tertiary/aromatic N) is 2. The first-order valence-corrected chi connectivity index (χ1v) is 11.4. The first-order valence-electron chi connectivity index (χ1n) is 11.4. The summed E-state index contributed by atoms with van der Waals surface area (Å²) in [5.41, 5.74) is 1.08. The molecule has 1 aliphatic rings. The first kappa shape index (κ1) is 25.2. The summed E-state index contributed by atoms with van der Waals surface area (Å²) in [6.07, 6.45) is 4.48. The molecule has 1 amide bonds. The van der Waals surface area contributed by atoms with E-state index < -0.39 is 17.7 Å². The summed E-state index contributed by atoms with van der Waals surface area (Å²) in [7, 11) is 3.12. The van der Waals surface area contributed by atoms with Crippen LogP contribution in [0, 0.1) is 5.92 Å². The molecule has 0 bridgehead atoms. The molecule has 182 valence electrons. The van der Waals surface area contributed by atoms with Gasteiger partial charge in [0.1, 0.15) is 5.76 Å². The van der Waals surface area contributed by atoms with Gasteiger partial charge in [-0.05, 0) is 48.6 Å². The van der Waals surface area contributed by atoms with Crippen molar-refractivity contribution >= 4 is 17.4 Å². The quantitative estimate of drug-likeness (QED) is 0.231. The number of benzene rings is 1. The van der Waals surface area contributed by atoms with Crippen LogP contribution in [0.4, 0.5) is 0 Å². The Morgan fingerprint density at radius 1 is 1.09 bits per heavy atom. The number of likely N-dealkylation sites (tertiary alicyclic amines) is 1. The Kier molecular flexibility index (Phi) is 8.65. The Morgan fingerprint density at radius 3 is 2.47 bits per heavy atom. The molecule has 1 saturated heterocycles. The van der Waals surface area contributed by atoms with Gasteiger partial charge in [0.25, 0.3) is 11.7 Å². The number of aromatic nitrogens is 1. The van der Waals surface area contributed by atoms with Crippen LogP contribution >= 0.6 is 0 Å². The standard InChI is InChI=1S/C26H32N2O6/c1-17(2)10-15-34-20-7-6-19(16-21(20)33-4)23-22(24(29)18-8-11-27-12-9-18)25(30)26(31)28(23)13-5-14-32-3/h6-9,11-12,16-17,23,29H,5,10,13-15H2,1-4H3/b24-22+. The number of ether oxygens (including phenoxy) is 3. The Balaban J connectivity index is 2.05. The molecule has 8 nitrogen and oxygen atoms in total. The smallest absolute Gasteiger partial charge is 0.295 e. The summed E-state index contributed by atoms with van der Waals surface area (Å²) in [6.45, 7) is 5.53. The van der Waals surface area contributed by atoms with Crippen molar-refractivity contribution in [1.82, 2.24) is 9.88 Å². The lowest BCUT2D eigenvalue weighted by Gasteiger charge is -2.26. The fourth-order valence-corrected chi connectivity index (χ4v) is 3.88. The average molecular weight is 469 g/mol. The number of amides is 1. The van der Waals surface area contributed by atoms with Crippen LogP contribution in [0.5, 0.6) is 11.5 Å². The van der Waals surface area contributed by atoms with E-state index in [4.69, 9.17) is 14.2 Å². The molecule has 1 aromatic heterocycles. The molecule has 2 aromatic rings. The number of aliphatic hydroxyl groups excluding tert-OH is 1. The minimum absolute atomic E-state index is 0.0316. The highest BCUT2D eigenvalue weighted by molar-refractivity contribution is 6.46. The van der Waals surface area contributed by atoms with Gasteiger partial charge >= 0.3 is 0 Å². The van der Waals surface area contributed by atoms with Crippen LogP contribution in [-0.2, 0) is 14.3 Å². The van der Waals surface area contributed by atoms with Crippen molar-refractivity contribution in [2.24, 2.45) is 5.92 Å². The first-order chi connectivity index (χ1) is 16.4. The van der Waals surface area contributed by atoms with Gasteiger partial charge in [0.15, 0.2) is 11.5 Å². The highest BCUT2D eigenvalue weighted by Crippen LogP contribution is 2.42. The Labute approximate surface area is 200 Å². The van der Waals surface area contributed by atoms with E-state index in [1.165, 1.54) is 17.3 Å². The van der Waals surface area contributed by atoms with Crippen molar-refractivity contribution in [3.63, 3.8) is 0 Å². The SMILES string of the molecule is COCCCN1C(=O)C(=O)/C(=C(/O)c2ccncc2)C1c1ccc(OCCC(C)C)c(OC)c1. The maximum atomic E-state index is 13.1. The topological polar surface area (TPSA) is 98.2 Å². The third-order valence-electron chi connectivity index (χ3n) is 5.70. The van der Waals surface area contributed by atoms with E-state index in [-0.39, 0.29) is 11.3 Å². The monoisotopic (exact) mass is 468 g/mol. The zero-order valence-electron chi connectivity index (χ0n) is 20.1. The predicted molar refractivity (Wildman–Crippen MR) is 128 cm³/mol. The van der Waals surface area contributed by atoms with Gasteiger partial charge in [0.05, 0.1) is 25.3 Å². The summed E-state index contributed by atoms with van der Waals surface area (Å²) in [5.74, 6) is -0.0487. The molecule has 1 aliphatic heterocycles. The predicted octanol–water partition coefficient (Wildman–Crippen LogP) is 3.97. The molecular formula is C26H32N2O6. The summed E-state index contributed by atoms with van der Waals surface area (Å²) in [6, 6.07) is 7.74. The van der Waals surface area contributed by atoms with E-state index in [1.54, 1.807) is 44.6 Å². The van der Waals surface area contributed by atoms with Crippen LogP contribution in [0.1, 0.15) is 43.9 Å². The molecular weight excluding hydrogens is 436 g/mol. The summed E-state index contributed by atoms with van der Waals surface area (Å²) >= 11 is 0. The van der Waals surface area contributed by atoms with Crippen LogP contribution in [0.3, 0.4) is 0 Å². The van der Waals surface area contributed by atoms with Crippen molar-refractivity contribution in [3.05, 3.63) is 59.4 Å². The molecule has 0 spiro atoms. The third-order valence-corrected chi connectivity index (χ3v) is 5.70. The molecule has 1 fully saturated rings. The number of methoxy groups -OCH3 is 2.